The number of rotatable bonds is 9. The van der Waals surface area contributed by atoms with E-state index in [1.54, 1.807) is 0 Å². The lowest BCUT2D eigenvalue weighted by atomic mass is 9.91. The first kappa shape index (κ1) is 20.9. The van der Waals surface area contributed by atoms with Gasteiger partial charge in [-0.2, -0.15) is 0 Å². The van der Waals surface area contributed by atoms with Gasteiger partial charge in [0.15, 0.2) is 0 Å². The molecule has 0 bridgehead atoms. The summed E-state index contributed by atoms with van der Waals surface area (Å²) in [5, 5.41) is 9.29. The van der Waals surface area contributed by atoms with Crippen LogP contribution in [0.4, 0.5) is 11.6 Å². The number of amides is 2. The van der Waals surface area contributed by atoms with E-state index in [4.69, 9.17) is 0 Å². The summed E-state index contributed by atoms with van der Waals surface area (Å²) in [5.74, 6) is 0.940. The first-order valence-electron chi connectivity index (χ1n) is 11.0. The van der Waals surface area contributed by atoms with Gasteiger partial charge >= 0.3 is 0 Å². The summed E-state index contributed by atoms with van der Waals surface area (Å²) in [5.41, 5.74) is 3.88. The van der Waals surface area contributed by atoms with Crippen molar-refractivity contribution in [1.29, 1.82) is 0 Å². The van der Waals surface area contributed by atoms with Crippen LogP contribution >= 0.6 is 0 Å². The average molecular weight is 420 g/mol. The Morgan fingerprint density at radius 1 is 1.03 bits per heavy atom. The minimum atomic E-state index is 0.0200. The molecule has 0 saturated carbocycles. The third-order valence-electron chi connectivity index (χ3n) is 5.68. The van der Waals surface area contributed by atoms with Gasteiger partial charge in [-0.25, -0.2) is 4.98 Å². The zero-order valence-electron chi connectivity index (χ0n) is 17.6. The van der Waals surface area contributed by atoms with Gasteiger partial charge in [-0.3, -0.25) is 9.59 Å². The molecule has 4 N–H and O–H groups in total. The fourth-order valence-electron chi connectivity index (χ4n) is 4.05. The zero-order chi connectivity index (χ0) is 21.5. The number of hydrogen-bond acceptors (Lipinski definition) is 4. The Hall–Kier alpha value is -3.35. The standard InChI is InChI=1S/C24H29N5O2/c30-22-13-12-17(18-8-2-3-9-19(18)27-22)16-23(31)25-14-6-1-7-15-26-24-28-20-10-4-5-11-21(20)29-24/h2-5,8-11,17H,1,6-7,12-16H2,(H,25,31)(H,27,30)(H2,26,28,29). The molecule has 7 heteroatoms. The van der Waals surface area contributed by atoms with Crippen LogP contribution in [0.25, 0.3) is 11.0 Å². The van der Waals surface area contributed by atoms with E-state index in [0.29, 0.717) is 25.8 Å². The monoisotopic (exact) mass is 419 g/mol. The highest BCUT2D eigenvalue weighted by Crippen LogP contribution is 2.33. The highest BCUT2D eigenvalue weighted by molar-refractivity contribution is 5.93. The summed E-state index contributed by atoms with van der Waals surface area (Å²) in [4.78, 5) is 32.1. The van der Waals surface area contributed by atoms with Crippen LogP contribution in [0, 0.1) is 0 Å². The number of H-pyrrole nitrogens is 1. The highest BCUT2D eigenvalue weighted by atomic mass is 16.2. The molecule has 0 radical (unpaired) electrons. The number of para-hydroxylation sites is 3. The second-order valence-corrected chi connectivity index (χ2v) is 8.02. The van der Waals surface area contributed by atoms with Crippen LogP contribution in [0.5, 0.6) is 0 Å². The summed E-state index contributed by atoms with van der Waals surface area (Å²) >= 11 is 0. The van der Waals surface area contributed by atoms with Gasteiger partial charge in [0.25, 0.3) is 0 Å². The maximum Gasteiger partial charge on any atom is 0.224 e. The molecule has 1 atom stereocenters. The minimum Gasteiger partial charge on any atom is -0.356 e. The Labute approximate surface area is 182 Å². The molecule has 1 aliphatic rings. The topological polar surface area (TPSA) is 98.9 Å². The fourth-order valence-corrected chi connectivity index (χ4v) is 4.05. The molecule has 1 aliphatic heterocycles. The van der Waals surface area contributed by atoms with Crippen molar-refractivity contribution >= 4 is 34.5 Å². The van der Waals surface area contributed by atoms with E-state index in [9.17, 15) is 9.59 Å². The number of nitrogens with zero attached hydrogens (tertiary/aromatic N) is 1. The molecule has 1 aromatic heterocycles. The van der Waals surface area contributed by atoms with Crippen LogP contribution in [0.3, 0.4) is 0 Å². The van der Waals surface area contributed by atoms with E-state index >= 15 is 0 Å². The molecule has 0 saturated heterocycles. The van der Waals surface area contributed by atoms with Crippen molar-refractivity contribution in [2.45, 2.75) is 44.4 Å². The number of nitrogens with one attached hydrogen (secondary N) is 4. The van der Waals surface area contributed by atoms with Crippen LogP contribution in [0.2, 0.25) is 0 Å². The summed E-state index contributed by atoms with van der Waals surface area (Å²) in [6.45, 7) is 1.52. The van der Waals surface area contributed by atoms with E-state index in [2.05, 4.69) is 25.9 Å². The number of benzene rings is 2. The third kappa shape index (κ3) is 5.63. The molecule has 2 amide bonds. The predicted octanol–water partition coefficient (Wildman–Crippen LogP) is 4.17. The normalized spacial score (nSPS) is 15.7. The maximum absolute atomic E-state index is 12.4. The molecule has 0 aliphatic carbocycles. The number of hydrogen-bond donors (Lipinski definition) is 4. The van der Waals surface area contributed by atoms with E-state index in [1.165, 1.54) is 0 Å². The summed E-state index contributed by atoms with van der Waals surface area (Å²) in [7, 11) is 0. The molecule has 7 nitrogen and oxygen atoms in total. The highest BCUT2D eigenvalue weighted by Gasteiger charge is 2.23. The molecule has 1 unspecified atom stereocenters. The van der Waals surface area contributed by atoms with Gasteiger partial charge in [-0.05, 0) is 55.4 Å². The van der Waals surface area contributed by atoms with Gasteiger partial charge in [0, 0.05) is 31.6 Å². The van der Waals surface area contributed by atoms with Crippen molar-refractivity contribution in [3.8, 4) is 0 Å². The molecule has 31 heavy (non-hydrogen) atoms. The van der Waals surface area contributed by atoms with Gasteiger partial charge in [-0.15, -0.1) is 0 Å². The molecule has 3 aromatic rings. The summed E-state index contributed by atoms with van der Waals surface area (Å²) in [6.07, 6.45) is 4.54. The van der Waals surface area contributed by atoms with Crippen LogP contribution < -0.4 is 16.0 Å². The molecule has 0 spiro atoms. The van der Waals surface area contributed by atoms with E-state index < -0.39 is 0 Å². The number of imidazole rings is 1. The van der Waals surface area contributed by atoms with Crippen molar-refractivity contribution in [2.75, 3.05) is 23.7 Å². The Balaban J connectivity index is 1.13. The molecule has 162 valence electrons. The Kier molecular flexibility index (Phi) is 6.82. The van der Waals surface area contributed by atoms with Crippen LogP contribution in [0.1, 0.15) is 50.0 Å². The SMILES string of the molecule is O=C(CC1CCC(=O)Nc2ccccc21)NCCCCCNc1nc2ccccc2[nH]1. The van der Waals surface area contributed by atoms with E-state index in [1.807, 2.05) is 48.5 Å². The number of unbranched alkanes of at least 4 members (excludes halogenated alkanes) is 2. The van der Waals surface area contributed by atoms with Crippen molar-refractivity contribution in [3.63, 3.8) is 0 Å². The van der Waals surface area contributed by atoms with Gasteiger partial charge < -0.3 is 20.9 Å². The Morgan fingerprint density at radius 2 is 1.84 bits per heavy atom. The maximum atomic E-state index is 12.4. The van der Waals surface area contributed by atoms with Crippen molar-refractivity contribution < 1.29 is 9.59 Å². The smallest absolute Gasteiger partial charge is 0.224 e. The fraction of sp³-hybridized carbons (Fsp3) is 0.375. The van der Waals surface area contributed by atoms with Gasteiger partial charge in [0.2, 0.25) is 17.8 Å². The second-order valence-electron chi connectivity index (χ2n) is 8.02. The molecule has 0 fully saturated rings. The third-order valence-corrected chi connectivity index (χ3v) is 5.68. The first-order chi connectivity index (χ1) is 15.2. The van der Waals surface area contributed by atoms with Crippen molar-refractivity contribution in [2.24, 2.45) is 0 Å². The van der Waals surface area contributed by atoms with Crippen LogP contribution in [-0.4, -0.2) is 34.9 Å². The number of aromatic nitrogens is 2. The minimum absolute atomic E-state index is 0.0200. The molecule has 2 heterocycles. The molecular weight excluding hydrogens is 390 g/mol. The van der Waals surface area contributed by atoms with Crippen LogP contribution in [0.15, 0.2) is 48.5 Å². The molecule has 2 aromatic carbocycles. The van der Waals surface area contributed by atoms with E-state index in [-0.39, 0.29) is 17.7 Å². The largest absolute Gasteiger partial charge is 0.356 e. The van der Waals surface area contributed by atoms with Gasteiger partial charge in [0.05, 0.1) is 11.0 Å². The number of carbonyl (C=O) groups excluding carboxylic acids is 2. The Bertz CT molecular complexity index is 1010. The van der Waals surface area contributed by atoms with E-state index in [0.717, 1.165) is 54.0 Å². The lowest BCUT2D eigenvalue weighted by Crippen LogP contribution is -2.26. The summed E-state index contributed by atoms with van der Waals surface area (Å²) in [6, 6.07) is 15.7. The molecular formula is C24H29N5O2. The molecule has 4 rings (SSSR count). The number of anilines is 2. The number of fused-ring (bicyclic) bond motifs is 2. The van der Waals surface area contributed by atoms with Crippen LogP contribution in [-0.2, 0) is 9.59 Å². The zero-order valence-corrected chi connectivity index (χ0v) is 17.6. The first-order valence-corrected chi connectivity index (χ1v) is 11.0. The number of carbonyl (C=O) groups is 2. The predicted molar refractivity (Wildman–Crippen MR) is 123 cm³/mol. The lowest BCUT2D eigenvalue weighted by molar-refractivity contribution is -0.122. The van der Waals surface area contributed by atoms with Gasteiger partial charge in [-0.1, -0.05) is 30.3 Å². The summed E-state index contributed by atoms with van der Waals surface area (Å²) < 4.78 is 0. The number of aromatic amines is 1. The average Bonchev–Trinajstić information content (AvgIpc) is 3.12. The Morgan fingerprint density at radius 3 is 2.74 bits per heavy atom. The lowest BCUT2D eigenvalue weighted by Gasteiger charge is -2.16. The van der Waals surface area contributed by atoms with Gasteiger partial charge in [0.1, 0.15) is 0 Å². The van der Waals surface area contributed by atoms with Crippen molar-refractivity contribution in [3.05, 3.63) is 54.1 Å². The second kappa shape index (κ2) is 10.1. The quantitative estimate of drug-likeness (QED) is 0.391. The van der Waals surface area contributed by atoms with Crippen molar-refractivity contribution in [1.82, 2.24) is 15.3 Å².